The van der Waals surface area contributed by atoms with E-state index in [1.807, 2.05) is 24.3 Å². The number of unbranched alkanes of at least 4 members (excludes halogenated alkanes) is 1. The van der Waals surface area contributed by atoms with Gasteiger partial charge in [-0.2, -0.15) is 0 Å². The van der Waals surface area contributed by atoms with E-state index >= 15 is 0 Å². The fourth-order valence-electron chi connectivity index (χ4n) is 1.53. The molecule has 0 saturated carbocycles. The Hall–Kier alpha value is -1.39. The fourth-order valence-corrected chi connectivity index (χ4v) is 1.53. The van der Waals surface area contributed by atoms with Crippen LogP contribution in [0.5, 0.6) is 5.75 Å². The van der Waals surface area contributed by atoms with E-state index in [0.29, 0.717) is 0 Å². The first-order valence-corrected chi connectivity index (χ1v) is 6.31. The molecule has 1 atom stereocenters. The molecule has 0 spiro atoms. The molecule has 0 bridgehead atoms. The van der Waals surface area contributed by atoms with Gasteiger partial charge in [-0.05, 0) is 50.4 Å². The lowest BCUT2D eigenvalue weighted by Gasteiger charge is -2.10. The Morgan fingerprint density at radius 2 is 1.94 bits per heavy atom. The van der Waals surface area contributed by atoms with Crippen molar-refractivity contribution in [1.82, 2.24) is 0 Å². The Bertz CT molecular complexity index is 363. The predicted octanol–water partition coefficient (Wildman–Crippen LogP) is 1.26. The molecule has 0 unspecified atom stereocenters. The van der Waals surface area contributed by atoms with E-state index in [-0.39, 0.29) is 12.4 Å². The summed E-state index contributed by atoms with van der Waals surface area (Å²) >= 11 is 0. The van der Waals surface area contributed by atoms with Crippen LogP contribution in [0, 0.1) is 0 Å². The lowest BCUT2D eigenvalue weighted by molar-refractivity contribution is -0.118. The topological polar surface area (TPSA) is 78.3 Å². The minimum absolute atomic E-state index is 0.0617. The Kier molecular flexibility index (Phi) is 6.39. The van der Waals surface area contributed by atoms with Gasteiger partial charge in [0.1, 0.15) is 18.1 Å². The van der Waals surface area contributed by atoms with Crippen molar-refractivity contribution in [2.24, 2.45) is 11.5 Å². The molecule has 1 rings (SSSR count). The highest BCUT2D eigenvalue weighted by Gasteiger charge is 2.08. The van der Waals surface area contributed by atoms with Gasteiger partial charge < -0.3 is 16.2 Å². The number of carbonyl (C=O) groups excluding carboxylic acids is 1. The number of Topliss-reactive ketones (excluding diaryl/α,β-unsaturated/α-hetero) is 1. The molecule has 1 aromatic rings. The minimum atomic E-state index is -0.547. The summed E-state index contributed by atoms with van der Waals surface area (Å²) in [6.45, 7) is 2.43. The number of carbonyl (C=O) groups is 1. The number of ether oxygens (including phenoxy) is 1. The smallest absolute Gasteiger partial charge is 0.149 e. The molecule has 0 radical (unpaired) electrons. The van der Waals surface area contributed by atoms with Crippen molar-refractivity contribution < 1.29 is 9.53 Å². The summed E-state index contributed by atoms with van der Waals surface area (Å²) in [6.07, 6.45) is 3.18. The highest BCUT2D eigenvalue weighted by Crippen LogP contribution is 2.14. The van der Waals surface area contributed by atoms with Crippen molar-refractivity contribution in [3.8, 4) is 5.75 Å². The first-order chi connectivity index (χ1) is 8.63. The molecule has 0 fully saturated rings. The number of rotatable bonds is 8. The molecule has 1 aromatic carbocycles. The molecule has 4 N–H and O–H groups in total. The first kappa shape index (κ1) is 14.7. The fraction of sp³-hybridized carbons (Fsp3) is 0.500. The minimum Gasteiger partial charge on any atom is -0.492 e. The van der Waals surface area contributed by atoms with Crippen LogP contribution in [0.1, 0.15) is 25.3 Å². The SMILES string of the molecule is CC(=O)[C@@H](N)COc1ccc(CCCCN)cc1. The predicted molar refractivity (Wildman–Crippen MR) is 72.6 cm³/mol. The van der Waals surface area contributed by atoms with Crippen molar-refractivity contribution in [2.75, 3.05) is 13.2 Å². The Morgan fingerprint density at radius 3 is 2.50 bits per heavy atom. The maximum absolute atomic E-state index is 11.0. The molecule has 18 heavy (non-hydrogen) atoms. The second-order valence-corrected chi connectivity index (χ2v) is 4.42. The van der Waals surface area contributed by atoms with Crippen LogP contribution in [-0.4, -0.2) is 25.0 Å². The number of benzene rings is 1. The molecule has 4 nitrogen and oxygen atoms in total. The number of aryl methyl sites for hydroxylation is 1. The van der Waals surface area contributed by atoms with Gasteiger partial charge in [0.15, 0.2) is 0 Å². The van der Waals surface area contributed by atoms with Crippen molar-refractivity contribution >= 4 is 5.78 Å². The number of hydrogen-bond acceptors (Lipinski definition) is 4. The van der Waals surface area contributed by atoms with Gasteiger partial charge in [0.2, 0.25) is 0 Å². The van der Waals surface area contributed by atoms with Crippen molar-refractivity contribution in [2.45, 2.75) is 32.2 Å². The lowest BCUT2D eigenvalue weighted by Crippen LogP contribution is -2.34. The molecule has 0 aromatic heterocycles. The third-order valence-corrected chi connectivity index (χ3v) is 2.79. The number of nitrogens with two attached hydrogens (primary N) is 2. The van der Waals surface area contributed by atoms with Crippen LogP contribution >= 0.6 is 0 Å². The van der Waals surface area contributed by atoms with Crippen molar-refractivity contribution in [1.29, 1.82) is 0 Å². The normalized spacial score (nSPS) is 12.2. The van der Waals surface area contributed by atoms with Gasteiger partial charge >= 0.3 is 0 Å². The van der Waals surface area contributed by atoms with E-state index in [2.05, 4.69) is 0 Å². The first-order valence-electron chi connectivity index (χ1n) is 6.31. The van der Waals surface area contributed by atoms with Crippen LogP contribution in [0.2, 0.25) is 0 Å². The Balaban J connectivity index is 2.38. The molecule has 0 aliphatic rings. The van der Waals surface area contributed by atoms with Crippen LogP contribution in [-0.2, 0) is 11.2 Å². The van der Waals surface area contributed by atoms with Crippen LogP contribution in [0.3, 0.4) is 0 Å². The molecular weight excluding hydrogens is 228 g/mol. The average Bonchev–Trinajstić information content (AvgIpc) is 2.37. The second-order valence-electron chi connectivity index (χ2n) is 4.42. The van der Waals surface area contributed by atoms with Gasteiger partial charge in [-0.1, -0.05) is 12.1 Å². The quantitative estimate of drug-likeness (QED) is 0.681. The van der Waals surface area contributed by atoms with E-state index in [9.17, 15) is 4.79 Å². The molecule has 4 heteroatoms. The van der Waals surface area contributed by atoms with E-state index in [1.165, 1.54) is 12.5 Å². The molecular formula is C14H22N2O2. The Labute approximate surface area is 108 Å². The van der Waals surface area contributed by atoms with Gasteiger partial charge in [-0.15, -0.1) is 0 Å². The third kappa shape index (κ3) is 5.29. The maximum Gasteiger partial charge on any atom is 0.149 e. The van der Waals surface area contributed by atoms with Crippen molar-refractivity contribution in [3.63, 3.8) is 0 Å². The van der Waals surface area contributed by atoms with Gasteiger partial charge in [0.05, 0.1) is 6.04 Å². The summed E-state index contributed by atoms with van der Waals surface area (Å²) < 4.78 is 5.44. The van der Waals surface area contributed by atoms with Gasteiger partial charge in [0.25, 0.3) is 0 Å². The highest BCUT2D eigenvalue weighted by atomic mass is 16.5. The summed E-state index contributed by atoms with van der Waals surface area (Å²) in [4.78, 5) is 11.0. The monoisotopic (exact) mass is 250 g/mol. The zero-order valence-corrected chi connectivity index (χ0v) is 10.9. The molecule has 0 aliphatic heterocycles. The molecule has 0 saturated heterocycles. The summed E-state index contributed by atoms with van der Waals surface area (Å²) in [6, 6.07) is 7.33. The standard InChI is InChI=1S/C14H22N2O2/c1-11(17)14(16)10-18-13-7-5-12(6-8-13)4-2-3-9-15/h5-8,14H,2-4,9-10,15-16H2,1H3/t14-/m0/s1. The average molecular weight is 250 g/mol. The molecule has 100 valence electrons. The number of hydrogen-bond donors (Lipinski definition) is 2. The van der Waals surface area contributed by atoms with Crippen molar-refractivity contribution in [3.05, 3.63) is 29.8 Å². The van der Waals surface area contributed by atoms with Crippen LogP contribution in [0.4, 0.5) is 0 Å². The lowest BCUT2D eigenvalue weighted by atomic mass is 10.1. The summed E-state index contributed by atoms with van der Waals surface area (Å²) in [5.74, 6) is 0.683. The van der Waals surface area contributed by atoms with E-state index < -0.39 is 6.04 Å². The summed E-state index contributed by atoms with van der Waals surface area (Å²) in [5, 5.41) is 0. The molecule has 0 aliphatic carbocycles. The molecule has 0 amide bonds. The van der Waals surface area contributed by atoms with Crippen LogP contribution in [0.25, 0.3) is 0 Å². The zero-order valence-electron chi connectivity index (χ0n) is 10.9. The van der Waals surface area contributed by atoms with E-state index in [4.69, 9.17) is 16.2 Å². The maximum atomic E-state index is 11.0. The summed E-state index contributed by atoms with van der Waals surface area (Å²) in [7, 11) is 0. The zero-order chi connectivity index (χ0) is 13.4. The van der Waals surface area contributed by atoms with E-state index in [1.54, 1.807) is 0 Å². The van der Waals surface area contributed by atoms with Gasteiger partial charge in [0, 0.05) is 0 Å². The van der Waals surface area contributed by atoms with Gasteiger partial charge in [-0.25, -0.2) is 0 Å². The van der Waals surface area contributed by atoms with Crippen LogP contribution < -0.4 is 16.2 Å². The van der Waals surface area contributed by atoms with E-state index in [0.717, 1.165) is 31.6 Å². The molecule has 0 heterocycles. The Morgan fingerprint density at radius 1 is 1.28 bits per heavy atom. The summed E-state index contributed by atoms with van der Waals surface area (Å²) in [5.41, 5.74) is 12.3. The number of ketones is 1. The highest BCUT2D eigenvalue weighted by molar-refractivity contribution is 5.81. The second kappa shape index (κ2) is 7.84. The largest absolute Gasteiger partial charge is 0.492 e. The third-order valence-electron chi connectivity index (χ3n) is 2.79. The van der Waals surface area contributed by atoms with Crippen LogP contribution in [0.15, 0.2) is 24.3 Å². The van der Waals surface area contributed by atoms with Gasteiger partial charge in [-0.3, -0.25) is 4.79 Å².